The van der Waals surface area contributed by atoms with Gasteiger partial charge in [0.05, 0.1) is 4.47 Å². The molecule has 4 aromatic carbocycles. The van der Waals surface area contributed by atoms with E-state index in [0.29, 0.717) is 12.2 Å². The average Bonchev–Trinajstić information content (AvgIpc) is 2.96. The van der Waals surface area contributed by atoms with Gasteiger partial charge in [0.25, 0.3) is 5.91 Å². The smallest absolute Gasteiger partial charge is 0.261 e. The maximum atomic E-state index is 13.9. The number of ether oxygens (including phenoxy) is 1. The average molecular weight is 652 g/mol. The highest BCUT2D eigenvalue weighted by Gasteiger charge is 2.31. The lowest BCUT2D eigenvalue weighted by atomic mass is 10.0. The molecule has 202 valence electrons. The number of carbonyl (C=O) groups excluding carboxylic acids is 2. The number of fused-ring (bicyclic) bond motifs is 1. The third kappa shape index (κ3) is 7.70. The van der Waals surface area contributed by atoms with Crippen LogP contribution in [0.2, 0.25) is 0 Å². The molecule has 0 heterocycles. The van der Waals surface area contributed by atoms with Crippen molar-refractivity contribution in [1.82, 2.24) is 10.2 Å². The quantitative estimate of drug-likeness (QED) is 0.185. The summed E-state index contributed by atoms with van der Waals surface area (Å²) in [7, 11) is 0. The van der Waals surface area contributed by atoms with E-state index >= 15 is 0 Å². The first kappa shape index (κ1) is 28.8. The van der Waals surface area contributed by atoms with Gasteiger partial charge in [0.15, 0.2) is 6.61 Å². The largest absolute Gasteiger partial charge is 0.483 e. The highest BCUT2D eigenvalue weighted by Crippen LogP contribution is 2.33. The number of carbonyl (C=O) groups is 2. The van der Waals surface area contributed by atoms with Crippen molar-refractivity contribution < 1.29 is 14.3 Å². The van der Waals surface area contributed by atoms with E-state index in [9.17, 15) is 9.59 Å². The van der Waals surface area contributed by atoms with E-state index in [-0.39, 0.29) is 31.0 Å². The van der Waals surface area contributed by atoms with Crippen molar-refractivity contribution in [3.8, 4) is 5.75 Å². The Kier molecular flexibility index (Phi) is 10.2. The Hall–Kier alpha value is -3.16. The minimum absolute atomic E-state index is 0.00906. The van der Waals surface area contributed by atoms with Gasteiger partial charge in [-0.05, 0) is 69.4 Å². The summed E-state index contributed by atoms with van der Waals surface area (Å²) >= 11 is 7.12. The second kappa shape index (κ2) is 13.8. The van der Waals surface area contributed by atoms with Crippen LogP contribution < -0.4 is 10.1 Å². The minimum atomic E-state index is -0.707. The number of benzene rings is 4. The summed E-state index contributed by atoms with van der Waals surface area (Å²) < 4.78 is 7.79. The van der Waals surface area contributed by atoms with Crippen LogP contribution in [-0.2, 0) is 22.6 Å². The molecule has 0 unspecified atom stereocenters. The molecule has 0 aliphatic carbocycles. The molecular weight excluding hydrogens is 620 g/mol. The van der Waals surface area contributed by atoms with Crippen LogP contribution in [0.1, 0.15) is 31.4 Å². The summed E-state index contributed by atoms with van der Waals surface area (Å²) in [6.45, 7) is 4.07. The molecule has 0 saturated heterocycles. The fraction of sp³-hybridized carbons (Fsp3) is 0.250. The Morgan fingerprint density at radius 2 is 1.56 bits per heavy atom. The molecule has 0 radical (unpaired) electrons. The number of halogens is 2. The number of nitrogens with zero attached hydrogens (tertiary/aromatic N) is 1. The standard InChI is InChI=1S/C32H32Br2N2O3/c1-3-22(2)35-32(38)28(19-23-9-5-4-6-10-23)36(20-24-13-16-26(33)17-14-24)30(37)21-39-29-18-15-25-11-7-8-12-27(25)31(29)34/h4-18,22,28H,3,19-21H2,1-2H3,(H,35,38)/t22-,28-/m0/s1. The molecule has 2 amide bonds. The van der Waals surface area contributed by atoms with Crippen LogP contribution in [0.4, 0.5) is 0 Å². The van der Waals surface area contributed by atoms with Crippen LogP contribution in [0.5, 0.6) is 5.75 Å². The summed E-state index contributed by atoms with van der Waals surface area (Å²) in [5, 5.41) is 5.17. The van der Waals surface area contributed by atoms with Crippen LogP contribution in [0.3, 0.4) is 0 Å². The zero-order valence-electron chi connectivity index (χ0n) is 22.1. The summed E-state index contributed by atoms with van der Waals surface area (Å²) in [5.74, 6) is 0.137. The molecule has 5 nitrogen and oxygen atoms in total. The van der Waals surface area contributed by atoms with Gasteiger partial charge in [0.1, 0.15) is 11.8 Å². The first-order chi connectivity index (χ1) is 18.9. The van der Waals surface area contributed by atoms with E-state index in [2.05, 4.69) is 37.2 Å². The summed E-state index contributed by atoms with van der Waals surface area (Å²) in [4.78, 5) is 29.1. The summed E-state index contributed by atoms with van der Waals surface area (Å²) in [6.07, 6.45) is 1.19. The van der Waals surface area contributed by atoms with E-state index < -0.39 is 6.04 Å². The van der Waals surface area contributed by atoms with Crippen LogP contribution in [0, 0.1) is 0 Å². The lowest BCUT2D eigenvalue weighted by Gasteiger charge is -2.32. The SMILES string of the molecule is CC[C@H](C)NC(=O)[C@H](Cc1ccccc1)N(Cc1ccc(Br)cc1)C(=O)COc1ccc2ccccc2c1Br. The molecule has 0 aliphatic heterocycles. The normalized spacial score (nSPS) is 12.5. The van der Waals surface area contributed by atoms with Crippen molar-refractivity contribution >= 4 is 54.4 Å². The van der Waals surface area contributed by atoms with Gasteiger partial charge in [-0.1, -0.05) is 95.7 Å². The van der Waals surface area contributed by atoms with Crippen LogP contribution in [0.25, 0.3) is 10.8 Å². The Bertz CT molecular complexity index is 1410. The Balaban J connectivity index is 1.64. The van der Waals surface area contributed by atoms with Gasteiger partial charge in [0.2, 0.25) is 5.91 Å². The highest BCUT2D eigenvalue weighted by molar-refractivity contribution is 9.11. The second-order valence-electron chi connectivity index (χ2n) is 9.56. The third-order valence-corrected chi connectivity index (χ3v) is 8.06. The van der Waals surface area contributed by atoms with Gasteiger partial charge in [-0.15, -0.1) is 0 Å². The number of hydrogen-bond acceptors (Lipinski definition) is 3. The fourth-order valence-electron chi connectivity index (χ4n) is 4.33. The zero-order valence-corrected chi connectivity index (χ0v) is 25.2. The third-order valence-electron chi connectivity index (χ3n) is 6.72. The number of amides is 2. The predicted octanol–water partition coefficient (Wildman–Crippen LogP) is 7.30. The van der Waals surface area contributed by atoms with E-state index in [0.717, 1.165) is 37.3 Å². The van der Waals surface area contributed by atoms with E-state index in [1.54, 1.807) is 4.90 Å². The van der Waals surface area contributed by atoms with Crippen molar-refractivity contribution in [2.45, 2.75) is 45.3 Å². The zero-order chi connectivity index (χ0) is 27.8. The number of hydrogen-bond donors (Lipinski definition) is 1. The summed E-state index contributed by atoms with van der Waals surface area (Å²) in [5.41, 5.74) is 1.90. The molecule has 0 aliphatic rings. The molecule has 0 aromatic heterocycles. The molecule has 4 rings (SSSR count). The highest BCUT2D eigenvalue weighted by atomic mass is 79.9. The van der Waals surface area contributed by atoms with Crippen LogP contribution >= 0.6 is 31.9 Å². The molecule has 1 N–H and O–H groups in total. The molecule has 0 spiro atoms. The topological polar surface area (TPSA) is 58.6 Å². The minimum Gasteiger partial charge on any atom is -0.483 e. The lowest BCUT2D eigenvalue weighted by Crippen LogP contribution is -2.53. The molecule has 39 heavy (non-hydrogen) atoms. The number of rotatable bonds is 11. The maximum absolute atomic E-state index is 13.9. The molecule has 4 aromatic rings. The van der Waals surface area contributed by atoms with Crippen molar-refractivity contribution in [2.24, 2.45) is 0 Å². The van der Waals surface area contributed by atoms with Gasteiger partial charge in [-0.2, -0.15) is 0 Å². The molecule has 0 fully saturated rings. The fourth-order valence-corrected chi connectivity index (χ4v) is 5.20. The summed E-state index contributed by atoms with van der Waals surface area (Å²) in [6, 6.07) is 28.7. The first-order valence-electron chi connectivity index (χ1n) is 13.0. The Labute approximate surface area is 246 Å². The van der Waals surface area contributed by atoms with E-state index in [4.69, 9.17) is 4.74 Å². The molecule has 0 bridgehead atoms. The van der Waals surface area contributed by atoms with Gasteiger partial charge in [-0.3, -0.25) is 9.59 Å². The molecule has 7 heteroatoms. The first-order valence-corrected chi connectivity index (χ1v) is 14.6. The van der Waals surface area contributed by atoms with Crippen molar-refractivity contribution in [2.75, 3.05) is 6.61 Å². The van der Waals surface area contributed by atoms with Crippen LogP contribution in [-0.4, -0.2) is 35.4 Å². The van der Waals surface area contributed by atoms with E-state index in [1.807, 2.05) is 105 Å². The van der Waals surface area contributed by atoms with Gasteiger partial charge >= 0.3 is 0 Å². The predicted molar refractivity (Wildman–Crippen MR) is 164 cm³/mol. The van der Waals surface area contributed by atoms with Crippen LogP contribution in [0.15, 0.2) is 99.9 Å². The molecule has 0 saturated carbocycles. The second-order valence-corrected chi connectivity index (χ2v) is 11.3. The Morgan fingerprint density at radius 1 is 0.872 bits per heavy atom. The van der Waals surface area contributed by atoms with Gasteiger partial charge < -0.3 is 15.0 Å². The monoisotopic (exact) mass is 650 g/mol. The number of nitrogens with one attached hydrogen (secondary N) is 1. The molecule has 2 atom stereocenters. The lowest BCUT2D eigenvalue weighted by molar-refractivity contribution is -0.143. The maximum Gasteiger partial charge on any atom is 0.261 e. The van der Waals surface area contributed by atoms with E-state index in [1.165, 1.54) is 0 Å². The van der Waals surface area contributed by atoms with Crippen molar-refractivity contribution in [3.63, 3.8) is 0 Å². The van der Waals surface area contributed by atoms with Crippen molar-refractivity contribution in [1.29, 1.82) is 0 Å². The Morgan fingerprint density at radius 3 is 2.28 bits per heavy atom. The van der Waals surface area contributed by atoms with Gasteiger partial charge in [-0.25, -0.2) is 0 Å². The van der Waals surface area contributed by atoms with Crippen molar-refractivity contribution in [3.05, 3.63) is 111 Å². The molecular formula is C32H32Br2N2O3. The van der Waals surface area contributed by atoms with Gasteiger partial charge in [0, 0.05) is 23.5 Å².